The van der Waals surface area contributed by atoms with E-state index >= 15 is 0 Å². The smallest absolute Gasteiger partial charge is 0.258 e. The van der Waals surface area contributed by atoms with Crippen LogP contribution in [0, 0.1) is 6.92 Å². The third-order valence-corrected chi connectivity index (χ3v) is 6.51. The number of carbonyl (C=O) groups is 3. The van der Waals surface area contributed by atoms with Gasteiger partial charge in [-0.3, -0.25) is 14.4 Å². The molecule has 0 spiro atoms. The molecule has 4 rings (SSSR count). The largest absolute Gasteiger partial charge is 0.321 e. The first kappa shape index (κ1) is 23.7. The minimum Gasteiger partial charge on any atom is -0.321 e. The molecule has 2 amide bonds. The maximum atomic E-state index is 13.2. The van der Waals surface area contributed by atoms with E-state index in [0.29, 0.717) is 26.8 Å². The Kier molecular flexibility index (Phi) is 7.12. The number of aryl methyl sites for hydroxylation is 1. The van der Waals surface area contributed by atoms with Crippen molar-refractivity contribution in [3.05, 3.63) is 115 Å². The summed E-state index contributed by atoms with van der Waals surface area (Å²) < 4.78 is 0.643. The molecule has 0 aliphatic carbocycles. The summed E-state index contributed by atoms with van der Waals surface area (Å²) in [5.74, 6) is -1.16. The van der Waals surface area contributed by atoms with Crippen molar-refractivity contribution in [1.29, 1.82) is 0 Å². The van der Waals surface area contributed by atoms with E-state index in [9.17, 15) is 14.4 Å². The van der Waals surface area contributed by atoms with Crippen LogP contribution >= 0.6 is 34.5 Å². The summed E-state index contributed by atoms with van der Waals surface area (Å²) in [6, 6.07) is 22.1. The fraction of sp³-hybridized carbons (Fsp3) is 0.0385. The van der Waals surface area contributed by atoms with E-state index in [2.05, 4.69) is 10.6 Å². The molecule has 1 heterocycles. The van der Waals surface area contributed by atoms with E-state index in [0.717, 1.165) is 16.9 Å². The fourth-order valence-corrected chi connectivity index (χ4v) is 4.82. The maximum absolute atomic E-state index is 13.2. The summed E-state index contributed by atoms with van der Waals surface area (Å²) in [6.45, 7) is 1.88. The van der Waals surface area contributed by atoms with Crippen LogP contribution in [0.3, 0.4) is 0 Å². The Hall–Kier alpha value is -3.45. The quantitative estimate of drug-likeness (QED) is 0.272. The molecule has 0 atom stereocenters. The van der Waals surface area contributed by atoms with Gasteiger partial charge in [0, 0.05) is 11.1 Å². The minimum atomic E-state index is -0.483. The highest BCUT2D eigenvalue weighted by Gasteiger charge is 2.20. The van der Waals surface area contributed by atoms with Crippen molar-refractivity contribution >= 4 is 63.5 Å². The molecule has 3 aromatic carbocycles. The van der Waals surface area contributed by atoms with Crippen LogP contribution in [0.5, 0.6) is 0 Å². The molecule has 0 fully saturated rings. The van der Waals surface area contributed by atoms with Crippen LogP contribution in [0.2, 0.25) is 8.67 Å². The number of amides is 2. The van der Waals surface area contributed by atoms with Gasteiger partial charge in [-0.05, 0) is 37.3 Å². The first-order valence-electron chi connectivity index (χ1n) is 10.2. The third kappa shape index (κ3) is 5.20. The molecule has 2 N–H and O–H groups in total. The predicted octanol–water partition coefficient (Wildman–Crippen LogP) is 7.10. The van der Waals surface area contributed by atoms with Gasteiger partial charge in [0.15, 0.2) is 5.78 Å². The number of nitrogens with one attached hydrogen (secondary N) is 2. The van der Waals surface area contributed by atoms with Gasteiger partial charge in [-0.15, -0.1) is 11.3 Å². The molecule has 0 saturated heterocycles. The standard InChI is InChI=1S/C26H18Cl2N2O3S/c1-15-11-12-21(18(13-15)23(31)16-7-3-2-4-8-16)30-25(32)17-9-5-6-10-20(17)29-26(33)19-14-22(27)34-24(19)28/h2-14H,1H3,(H,29,33)(H,30,32). The molecule has 4 aromatic rings. The maximum Gasteiger partial charge on any atom is 0.258 e. The zero-order chi connectivity index (χ0) is 24.2. The molecule has 1 aromatic heterocycles. The number of hydrogen-bond donors (Lipinski definition) is 2. The van der Waals surface area contributed by atoms with Gasteiger partial charge in [-0.25, -0.2) is 0 Å². The van der Waals surface area contributed by atoms with Gasteiger partial charge in [-0.2, -0.15) is 0 Å². The Morgan fingerprint density at radius 3 is 2.00 bits per heavy atom. The van der Waals surface area contributed by atoms with Gasteiger partial charge in [0.05, 0.1) is 26.8 Å². The third-order valence-electron chi connectivity index (χ3n) is 5.03. The first-order valence-corrected chi connectivity index (χ1v) is 11.8. The van der Waals surface area contributed by atoms with Crippen molar-refractivity contribution in [3.8, 4) is 0 Å². The van der Waals surface area contributed by atoms with Crippen molar-refractivity contribution in [3.63, 3.8) is 0 Å². The van der Waals surface area contributed by atoms with E-state index in [1.807, 2.05) is 19.1 Å². The summed E-state index contributed by atoms with van der Waals surface area (Å²) in [4.78, 5) is 39.0. The van der Waals surface area contributed by atoms with Gasteiger partial charge >= 0.3 is 0 Å². The Morgan fingerprint density at radius 1 is 0.706 bits per heavy atom. The molecule has 34 heavy (non-hydrogen) atoms. The van der Waals surface area contributed by atoms with E-state index in [-0.39, 0.29) is 21.2 Å². The molecule has 0 radical (unpaired) electrons. The summed E-state index contributed by atoms with van der Waals surface area (Å²) in [6.07, 6.45) is 0. The highest BCUT2D eigenvalue weighted by Crippen LogP contribution is 2.32. The molecule has 8 heteroatoms. The lowest BCUT2D eigenvalue weighted by molar-refractivity contribution is 0.102. The second-order valence-corrected chi connectivity index (χ2v) is 9.72. The lowest BCUT2D eigenvalue weighted by Crippen LogP contribution is -2.19. The van der Waals surface area contributed by atoms with Crippen LogP contribution < -0.4 is 10.6 Å². The van der Waals surface area contributed by atoms with Crippen molar-refractivity contribution in [1.82, 2.24) is 0 Å². The average molecular weight is 509 g/mol. The van der Waals surface area contributed by atoms with Gasteiger partial charge in [0.2, 0.25) is 0 Å². The topological polar surface area (TPSA) is 75.3 Å². The van der Waals surface area contributed by atoms with E-state index in [1.165, 1.54) is 6.07 Å². The second kappa shape index (κ2) is 10.2. The molecule has 0 bridgehead atoms. The summed E-state index contributed by atoms with van der Waals surface area (Å²) in [5, 5.41) is 5.53. The van der Waals surface area contributed by atoms with Crippen LogP contribution in [-0.2, 0) is 0 Å². The zero-order valence-electron chi connectivity index (χ0n) is 17.9. The van der Waals surface area contributed by atoms with Crippen LogP contribution in [-0.4, -0.2) is 17.6 Å². The lowest BCUT2D eigenvalue weighted by Gasteiger charge is -2.14. The van der Waals surface area contributed by atoms with E-state index < -0.39 is 11.8 Å². The van der Waals surface area contributed by atoms with Gasteiger partial charge in [-0.1, -0.05) is 77.3 Å². The van der Waals surface area contributed by atoms with E-state index in [4.69, 9.17) is 23.2 Å². The number of ketones is 1. The Balaban J connectivity index is 1.62. The second-order valence-electron chi connectivity index (χ2n) is 7.44. The van der Waals surface area contributed by atoms with Crippen LogP contribution in [0.25, 0.3) is 0 Å². The highest BCUT2D eigenvalue weighted by molar-refractivity contribution is 7.20. The van der Waals surface area contributed by atoms with E-state index in [1.54, 1.807) is 60.7 Å². The Labute approximate surface area is 210 Å². The van der Waals surface area contributed by atoms with Crippen molar-refractivity contribution < 1.29 is 14.4 Å². The summed E-state index contributed by atoms with van der Waals surface area (Å²) >= 11 is 13.1. The monoisotopic (exact) mass is 508 g/mol. The molecule has 0 unspecified atom stereocenters. The van der Waals surface area contributed by atoms with Crippen LogP contribution in [0.4, 0.5) is 11.4 Å². The van der Waals surface area contributed by atoms with Crippen molar-refractivity contribution in [2.75, 3.05) is 10.6 Å². The van der Waals surface area contributed by atoms with Gasteiger partial charge in [0.1, 0.15) is 4.34 Å². The molecule has 170 valence electrons. The highest BCUT2D eigenvalue weighted by atomic mass is 35.5. The van der Waals surface area contributed by atoms with Crippen LogP contribution in [0.15, 0.2) is 78.9 Å². The normalized spacial score (nSPS) is 10.6. The summed E-state index contributed by atoms with van der Waals surface area (Å²) in [5.41, 5.74) is 2.90. The molecule has 5 nitrogen and oxygen atoms in total. The number of benzene rings is 3. The predicted molar refractivity (Wildman–Crippen MR) is 138 cm³/mol. The minimum absolute atomic E-state index is 0.204. The average Bonchev–Trinajstić information content (AvgIpc) is 3.18. The molecule has 0 saturated carbocycles. The number of thiophene rings is 1. The zero-order valence-corrected chi connectivity index (χ0v) is 20.2. The Bertz CT molecular complexity index is 1400. The SMILES string of the molecule is Cc1ccc(NC(=O)c2ccccc2NC(=O)c2cc(Cl)sc2Cl)c(C(=O)c2ccccc2)c1. The molecular formula is C26H18Cl2N2O3S. The van der Waals surface area contributed by atoms with Crippen molar-refractivity contribution in [2.24, 2.45) is 0 Å². The van der Waals surface area contributed by atoms with Gasteiger partial charge in [0.25, 0.3) is 11.8 Å². The van der Waals surface area contributed by atoms with Crippen molar-refractivity contribution in [2.45, 2.75) is 6.92 Å². The molecule has 0 aliphatic heterocycles. The number of hydrogen-bond acceptors (Lipinski definition) is 4. The van der Waals surface area contributed by atoms with Crippen LogP contribution in [0.1, 0.15) is 42.2 Å². The molecular weight excluding hydrogens is 491 g/mol. The lowest BCUT2D eigenvalue weighted by atomic mass is 9.99. The number of para-hydroxylation sites is 1. The number of halogens is 2. The Morgan fingerprint density at radius 2 is 1.32 bits per heavy atom. The summed E-state index contributed by atoms with van der Waals surface area (Å²) in [7, 11) is 0. The number of rotatable bonds is 6. The number of carbonyl (C=O) groups excluding carboxylic acids is 3. The first-order chi connectivity index (χ1) is 16.3. The molecule has 0 aliphatic rings. The number of anilines is 2. The van der Waals surface area contributed by atoms with Gasteiger partial charge < -0.3 is 10.6 Å². The fourth-order valence-electron chi connectivity index (χ4n) is 3.36.